The lowest BCUT2D eigenvalue weighted by Gasteiger charge is -2.29. The molecule has 0 aliphatic carbocycles. The topological polar surface area (TPSA) is 58.4 Å². The van der Waals surface area contributed by atoms with Gasteiger partial charge in [-0.1, -0.05) is 19.1 Å². The van der Waals surface area contributed by atoms with E-state index in [-0.39, 0.29) is 5.91 Å². The van der Waals surface area contributed by atoms with Gasteiger partial charge in [-0.05, 0) is 56.1 Å². The number of rotatable bonds is 6. The monoisotopic (exact) mass is 275 g/mol. The number of nitrogens with zero attached hydrogens (tertiary/aromatic N) is 1. The van der Waals surface area contributed by atoms with Crippen molar-refractivity contribution in [3.05, 3.63) is 35.4 Å². The first-order valence-electron chi connectivity index (χ1n) is 7.51. The van der Waals surface area contributed by atoms with Crippen molar-refractivity contribution in [2.75, 3.05) is 26.2 Å². The molecule has 4 nitrogen and oxygen atoms in total. The third-order valence-electron chi connectivity index (χ3n) is 4.01. The van der Waals surface area contributed by atoms with Gasteiger partial charge >= 0.3 is 0 Å². The van der Waals surface area contributed by atoms with Crippen molar-refractivity contribution < 1.29 is 4.79 Å². The summed E-state index contributed by atoms with van der Waals surface area (Å²) in [6.07, 6.45) is 2.61. The van der Waals surface area contributed by atoms with E-state index in [1.807, 2.05) is 24.3 Å². The molecule has 2 rings (SSSR count). The molecular formula is C16H25N3O. The highest BCUT2D eigenvalue weighted by molar-refractivity contribution is 5.92. The Morgan fingerprint density at radius 1 is 1.40 bits per heavy atom. The normalized spacial score (nSPS) is 19.2. The molecule has 1 unspecified atom stereocenters. The number of hydrogen-bond donors (Lipinski definition) is 2. The number of nitrogens with two attached hydrogens (primary N) is 1. The third kappa shape index (κ3) is 4.32. The molecule has 1 atom stereocenters. The van der Waals surface area contributed by atoms with Crippen LogP contribution in [0.5, 0.6) is 0 Å². The predicted octanol–water partition coefficient (Wildman–Crippen LogP) is 1.61. The summed E-state index contributed by atoms with van der Waals surface area (Å²) in [5, 5.41) is 3.47. The summed E-state index contributed by atoms with van der Waals surface area (Å²) in [5.74, 6) is 0.394. The zero-order chi connectivity index (χ0) is 14.4. The van der Waals surface area contributed by atoms with E-state index in [9.17, 15) is 4.79 Å². The van der Waals surface area contributed by atoms with Gasteiger partial charge in [-0.2, -0.15) is 0 Å². The fraction of sp³-hybridized carbons (Fsp3) is 0.562. The van der Waals surface area contributed by atoms with Gasteiger partial charge in [0.05, 0.1) is 0 Å². The third-order valence-corrected chi connectivity index (χ3v) is 4.01. The van der Waals surface area contributed by atoms with Crippen LogP contribution in [0.1, 0.15) is 35.7 Å². The Kier molecular flexibility index (Phi) is 5.56. The molecule has 0 bridgehead atoms. The lowest BCUT2D eigenvalue weighted by Crippen LogP contribution is -2.38. The van der Waals surface area contributed by atoms with Gasteiger partial charge in [-0.25, -0.2) is 0 Å². The van der Waals surface area contributed by atoms with E-state index in [0.717, 1.165) is 38.6 Å². The summed E-state index contributed by atoms with van der Waals surface area (Å²) in [4.78, 5) is 13.5. The summed E-state index contributed by atoms with van der Waals surface area (Å²) in [6.45, 7) is 7.63. The molecule has 1 amide bonds. The first-order valence-corrected chi connectivity index (χ1v) is 7.51. The van der Waals surface area contributed by atoms with Crippen LogP contribution < -0.4 is 11.1 Å². The average molecular weight is 275 g/mol. The van der Waals surface area contributed by atoms with E-state index in [4.69, 9.17) is 5.73 Å². The van der Waals surface area contributed by atoms with E-state index in [1.165, 1.54) is 18.4 Å². The molecule has 3 N–H and O–H groups in total. The van der Waals surface area contributed by atoms with Gasteiger partial charge in [0.15, 0.2) is 0 Å². The van der Waals surface area contributed by atoms with Crippen molar-refractivity contribution >= 4 is 5.91 Å². The van der Waals surface area contributed by atoms with E-state index in [0.29, 0.717) is 5.56 Å². The Bertz CT molecular complexity index is 424. The van der Waals surface area contributed by atoms with Gasteiger partial charge in [0.25, 0.3) is 0 Å². The number of primary amides is 1. The van der Waals surface area contributed by atoms with Crippen LogP contribution in [0.3, 0.4) is 0 Å². The Morgan fingerprint density at radius 3 is 2.70 bits per heavy atom. The van der Waals surface area contributed by atoms with Crippen molar-refractivity contribution in [2.24, 2.45) is 11.7 Å². The largest absolute Gasteiger partial charge is 0.366 e. The summed E-state index contributed by atoms with van der Waals surface area (Å²) in [7, 11) is 0. The van der Waals surface area contributed by atoms with Crippen molar-refractivity contribution in [1.82, 2.24) is 10.2 Å². The van der Waals surface area contributed by atoms with Gasteiger partial charge in [-0.3, -0.25) is 9.69 Å². The first-order chi connectivity index (χ1) is 9.69. The van der Waals surface area contributed by atoms with Gasteiger partial charge in [-0.15, -0.1) is 0 Å². The highest BCUT2D eigenvalue weighted by Crippen LogP contribution is 2.14. The summed E-state index contributed by atoms with van der Waals surface area (Å²) in [5.41, 5.74) is 7.07. The molecule has 1 aliphatic rings. The molecule has 4 heteroatoms. The molecule has 0 radical (unpaired) electrons. The standard InChI is InChI=1S/C16H25N3O/c1-2-19(12-14-4-3-9-18-10-14)11-13-5-7-15(8-6-13)16(17)20/h5-8,14,18H,2-4,9-12H2,1H3,(H2,17,20). The lowest BCUT2D eigenvalue weighted by molar-refractivity contribution is 0.100. The molecule has 1 aliphatic heterocycles. The highest BCUT2D eigenvalue weighted by atomic mass is 16.1. The second-order valence-corrected chi connectivity index (χ2v) is 5.60. The minimum atomic E-state index is -0.364. The summed E-state index contributed by atoms with van der Waals surface area (Å²) >= 11 is 0. The molecule has 1 heterocycles. The fourth-order valence-corrected chi connectivity index (χ4v) is 2.78. The molecule has 0 aromatic heterocycles. The van der Waals surface area contributed by atoms with Gasteiger partial charge < -0.3 is 11.1 Å². The first kappa shape index (κ1) is 15.0. The van der Waals surface area contributed by atoms with Crippen LogP contribution in [0.15, 0.2) is 24.3 Å². The lowest BCUT2D eigenvalue weighted by atomic mass is 9.99. The van der Waals surface area contributed by atoms with Crippen LogP contribution >= 0.6 is 0 Å². The van der Waals surface area contributed by atoms with E-state index in [1.54, 1.807) is 0 Å². The maximum absolute atomic E-state index is 11.1. The zero-order valence-corrected chi connectivity index (χ0v) is 12.3. The second kappa shape index (κ2) is 7.41. The van der Waals surface area contributed by atoms with Crippen molar-refractivity contribution in [1.29, 1.82) is 0 Å². The van der Waals surface area contributed by atoms with Crippen LogP contribution in [0.4, 0.5) is 0 Å². The number of hydrogen-bond acceptors (Lipinski definition) is 3. The van der Waals surface area contributed by atoms with Crippen molar-refractivity contribution in [3.8, 4) is 0 Å². The molecule has 1 aromatic rings. The van der Waals surface area contributed by atoms with Crippen LogP contribution in [0.25, 0.3) is 0 Å². The Hall–Kier alpha value is -1.39. The number of benzene rings is 1. The maximum Gasteiger partial charge on any atom is 0.248 e. The molecule has 1 saturated heterocycles. The Labute approximate surface area is 121 Å². The quantitative estimate of drug-likeness (QED) is 0.829. The fourth-order valence-electron chi connectivity index (χ4n) is 2.78. The molecule has 1 aromatic carbocycles. The number of amides is 1. The second-order valence-electron chi connectivity index (χ2n) is 5.60. The molecule has 20 heavy (non-hydrogen) atoms. The SMILES string of the molecule is CCN(Cc1ccc(C(N)=O)cc1)CC1CCCNC1. The van der Waals surface area contributed by atoms with Gasteiger partial charge in [0.2, 0.25) is 5.91 Å². The van der Waals surface area contributed by atoms with Crippen LogP contribution in [0.2, 0.25) is 0 Å². The van der Waals surface area contributed by atoms with Gasteiger partial charge in [0, 0.05) is 18.7 Å². The maximum atomic E-state index is 11.1. The minimum Gasteiger partial charge on any atom is -0.366 e. The van der Waals surface area contributed by atoms with Crippen LogP contribution in [0, 0.1) is 5.92 Å². The summed E-state index contributed by atoms with van der Waals surface area (Å²) < 4.78 is 0. The number of carbonyl (C=O) groups excluding carboxylic acids is 1. The van der Waals surface area contributed by atoms with E-state index >= 15 is 0 Å². The number of piperidine rings is 1. The highest BCUT2D eigenvalue weighted by Gasteiger charge is 2.16. The minimum absolute atomic E-state index is 0.364. The molecule has 0 spiro atoms. The Balaban J connectivity index is 1.89. The van der Waals surface area contributed by atoms with Crippen molar-refractivity contribution in [2.45, 2.75) is 26.3 Å². The predicted molar refractivity (Wildman–Crippen MR) is 81.5 cm³/mol. The van der Waals surface area contributed by atoms with Crippen molar-refractivity contribution in [3.63, 3.8) is 0 Å². The smallest absolute Gasteiger partial charge is 0.248 e. The summed E-state index contributed by atoms with van der Waals surface area (Å²) in [6, 6.07) is 7.63. The van der Waals surface area contributed by atoms with E-state index in [2.05, 4.69) is 17.1 Å². The molecule has 0 saturated carbocycles. The van der Waals surface area contributed by atoms with Crippen LogP contribution in [-0.4, -0.2) is 37.0 Å². The zero-order valence-electron chi connectivity index (χ0n) is 12.3. The average Bonchev–Trinajstić information content (AvgIpc) is 2.48. The van der Waals surface area contributed by atoms with E-state index < -0.39 is 0 Å². The molecule has 1 fully saturated rings. The van der Waals surface area contributed by atoms with Crippen LogP contribution in [-0.2, 0) is 6.54 Å². The van der Waals surface area contributed by atoms with Gasteiger partial charge in [0.1, 0.15) is 0 Å². The molecule has 110 valence electrons. The number of nitrogens with one attached hydrogen (secondary N) is 1. The number of carbonyl (C=O) groups is 1. The Morgan fingerprint density at radius 2 is 2.15 bits per heavy atom. The molecular weight excluding hydrogens is 250 g/mol.